The molecule has 1 amide bonds. The number of aliphatic hydroxyl groups is 1. The Kier molecular flexibility index (Phi) is 4.39. The summed E-state index contributed by atoms with van der Waals surface area (Å²) in [6.45, 7) is -0.282. The highest BCUT2D eigenvalue weighted by Crippen LogP contribution is 2.28. The SMILES string of the molecule is O=C(Nc1cccc(C#CCO)n1)c1cccc(O)c1O. The molecule has 2 aromatic rings. The number of amides is 1. The first-order valence-electron chi connectivity index (χ1n) is 6.01. The van der Waals surface area contributed by atoms with Crippen LogP contribution in [0.4, 0.5) is 5.82 Å². The Bertz CT molecular complexity index is 732. The minimum absolute atomic E-state index is 0.0661. The van der Waals surface area contributed by atoms with Crippen LogP contribution in [0.5, 0.6) is 11.5 Å². The number of nitrogens with one attached hydrogen (secondary N) is 1. The highest BCUT2D eigenvalue weighted by Gasteiger charge is 2.14. The van der Waals surface area contributed by atoms with Gasteiger partial charge in [-0.2, -0.15) is 0 Å². The van der Waals surface area contributed by atoms with Crippen LogP contribution >= 0.6 is 0 Å². The first-order chi connectivity index (χ1) is 10.1. The third-order valence-corrected chi connectivity index (χ3v) is 2.55. The van der Waals surface area contributed by atoms with E-state index in [-0.39, 0.29) is 23.7 Å². The van der Waals surface area contributed by atoms with E-state index < -0.39 is 11.7 Å². The third-order valence-electron chi connectivity index (χ3n) is 2.55. The van der Waals surface area contributed by atoms with Crippen LogP contribution in [0.15, 0.2) is 36.4 Å². The smallest absolute Gasteiger partial charge is 0.260 e. The number of benzene rings is 1. The monoisotopic (exact) mass is 284 g/mol. The summed E-state index contributed by atoms with van der Waals surface area (Å²) in [5.74, 6) is 3.83. The number of nitrogens with zero attached hydrogens (tertiary/aromatic N) is 1. The molecule has 6 nitrogen and oxygen atoms in total. The van der Waals surface area contributed by atoms with Gasteiger partial charge in [0.1, 0.15) is 18.1 Å². The van der Waals surface area contributed by atoms with Gasteiger partial charge in [0.15, 0.2) is 11.5 Å². The molecule has 2 rings (SSSR count). The van der Waals surface area contributed by atoms with Crippen LogP contribution in [0.2, 0.25) is 0 Å². The molecule has 6 heteroatoms. The lowest BCUT2D eigenvalue weighted by Gasteiger charge is -2.07. The molecule has 0 radical (unpaired) electrons. The summed E-state index contributed by atoms with van der Waals surface area (Å²) < 4.78 is 0. The van der Waals surface area contributed by atoms with Crippen molar-refractivity contribution in [2.75, 3.05) is 11.9 Å². The Hall–Kier alpha value is -3.04. The number of hydrogen-bond acceptors (Lipinski definition) is 5. The van der Waals surface area contributed by atoms with Crippen molar-refractivity contribution < 1.29 is 20.1 Å². The summed E-state index contributed by atoms with van der Waals surface area (Å²) in [6, 6.07) is 8.92. The second-order valence-electron chi connectivity index (χ2n) is 4.00. The van der Waals surface area contributed by atoms with Crippen molar-refractivity contribution in [3.05, 3.63) is 47.7 Å². The van der Waals surface area contributed by atoms with Gasteiger partial charge in [0.2, 0.25) is 0 Å². The molecule has 0 saturated carbocycles. The lowest BCUT2D eigenvalue weighted by atomic mass is 10.1. The number of carbonyl (C=O) groups is 1. The standard InChI is InChI=1S/C15H12N2O4/c18-9-3-5-10-4-1-8-13(16-10)17-15(21)11-6-2-7-12(19)14(11)20/h1-2,4,6-8,18-20H,9H2,(H,16,17,21). The fourth-order valence-electron chi connectivity index (χ4n) is 1.60. The summed E-state index contributed by atoms with van der Waals surface area (Å²) >= 11 is 0. The van der Waals surface area contributed by atoms with Gasteiger partial charge in [-0.3, -0.25) is 4.79 Å². The zero-order valence-electron chi connectivity index (χ0n) is 10.9. The van der Waals surface area contributed by atoms with Crippen molar-refractivity contribution >= 4 is 11.7 Å². The third kappa shape index (κ3) is 3.49. The number of phenols is 2. The number of aromatic nitrogens is 1. The van der Waals surface area contributed by atoms with E-state index >= 15 is 0 Å². The minimum atomic E-state index is -0.608. The van der Waals surface area contributed by atoms with Crippen molar-refractivity contribution in [1.82, 2.24) is 4.98 Å². The minimum Gasteiger partial charge on any atom is -0.504 e. The Balaban J connectivity index is 2.22. The molecule has 0 unspecified atom stereocenters. The lowest BCUT2D eigenvalue weighted by Crippen LogP contribution is -2.13. The molecule has 0 saturated heterocycles. The second kappa shape index (κ2) is 6.41. The number of rotatable bonds is 2. The van der Waals surface area contributed by atoms with Crippen LogP contribution < -0.4 is 5.32 Å². The van der Waals surface area contributed by atoms with E-state index in [1.807, 2.05) is 0 Å². The van der Waals surface area contributed by atoms with E-state index in [9.17, 15) is 15.0 Å². The maximum absolute atomic E-state index is 12.0. The maximum atomic E-state index is 12.0. The van der Waals surface area contributed by atoms with Gasteiger partial charge in [-0.05, 0) is 30.2 Å². The van der Waals surface area contributed by atoms with Crippen LogP contribution in [0, 0.1) is 11.8 Å². The van der Waals surface area contributed by atoms with Crippen molar-refractivity contribution in [2.45, 2.75) is 0 Å². The molecule has 0 aliphatic rings. The number of pyridine rings is 1. The molecule has 0 fully saturated rings. The average Bonchev–Trinajstić information content (AvgIpc) is 2.48. The Morgan fingerprint density at radius 3 is 2.71 bits per heavy atom. The van der Waals surface area contributed by atoms with Gasteiger partial charge in [0.05, 0.1) is 5.56 Å². The summed E-state index contributed by atoms with van der Waals surface area (Å²) in [4.78, 5) is 16.1. The largest absolute Gasteiger partial charge is 0.504 e. The molecular formula is C15H12N2O4. The number of aromatic hydroxyl groups is 2. The first-order valence-corrected chi connectivity index (χ1v) is 6.01. The summed E-state index contributed by atoms with van der Waals surface area (Å²) in [5.41, 5.74) is 0.325. The predicted molar refractivity (Wildman–Crippen MR) is 75.9 cm³/mol. The van der Waals surface area contributed by atoms with Gasteiger partial charge < -0.3 is 20.6 Å². The average molecular weight is 284 g/mol. The van der Waals surface area contributed by atoms with Gasteiger partial charge in [0, 0.05) is 0 Å². The van der Waals surface area contributed by atoms with Crippen LogP contribution in [0.3, 0.4) is 0 Å². The molecule has 4 N–H and O–H groups in total. The molecule has 1 aromatic heterocycles. The number of anilines is 1. The maximum Gasteiger partial charge on any atom is 0.260 e. The molecular weight excluding hydrogens is 272 g/mol. The van der Waals surface area contributed by atoms with Crippen molar-refractivity contribution in [2.24, 2.45) is 0 Å². The van der Waals surface area contributed by atoms with Gasteiger partial charge in [0.25, 0.3) is 5.91 Å². The van der Waals surface area contributed by atoms with E-state index in [1.54, 1.807) is 18.2 Å². The number of para-hydroxylation sites is 1. The quantitative estimate of drug-likeness (QED) is 0.488. The van der Waals surface area contributed by atoms with E-state index in [0.29, 0.717) is 5.69 Å². The Labute approximate surface area is 120 Å². The zero-order valence-corrected chi connectivity index (χ0v) is 10.9. The highest BCUT2D eigenvalue weighted by molar-refractivity contribution is 6.06. The second-order valence-corrected chi connectivity index (χ2v) is 4.00. The predicted octanol–water partition coefficient (Wildman–Crippen LogP) is 1.09. The van der Waals surface area contributed by atoms with E-state index in [2.05, 4.69) is 22.1 Å². The number of carbonyl (C=O) groups excluding carboxylic acids is 1. The molecule has 1 aromatic carbocycles. The van der Waals surface area contributed by atoms with E-state index in [4.69, 9.17) is 5.11 Å². The fraction of sp³-hybridized carbons (Fsp3) is 0.0667. The molecule has 0 aliphatic heterocycles. The zero-order chi connectivity index (χ0) is 15.2. The van der Waals surface area contributed by atoms with Gasteiger partial charge in [-0.1, -0.05) is 18.1 Å². The topological polar surface area (TPSA) is 103 Å². The van der Waals surface area contributed by atoms with Crippen molar-refractivity contribution in [3.63, 3.8) is 0 Å². The van der Waals surface area contributed by atoms with Crippen LogP contribution in [0.25, 0.3) is 0 Å². The molecule has 1 heterocycles. The van der Waals surface area contributed by atoms with E-state index in [0.717, 1.165) is 0 Å². The molecule has 0 bridgehead atoms. The van der Waals surface area contributed by atoms with Crippen LogP contribution in [-0.2, 0) is 0 Å². The van der Waals surface area contributed by atoms with Crippen molar-refractivity contribution in [3.8, 4) is 23.3 Å². The van der Waals surface area contributed by atoms with Crippen LogP contribution in [-0.4, -0.2) is 32.8 Å². The number of phenolic OH excluding ortho intramolecular Hbond substituents is 2. The van der Waals surface area contributed by atoms with E-state index in [1.165, 1.54) is 18.2 Å². The normalized spacial score (nSPS) is 9.57. The molecule has 0 atom stereocenters. The lowest BCUT2D eigenvalue weighted by molar-refractivity contribution is 0.102. The molecule has 0 spiro atoms. The Morgan fingerprint density at radius 2 is 1.95 bits per heavy atom. The molecule has 106 valence electrons. The number of hydrogen-bond donors (Lipinski definition) is 4. The fourth-order valence-corrected chi connectivity index (χ4v) is 1.60. The van der Waals surface area contributed by atoms with Gasteiger partial charge in [-0.15, -0.1) is 0 Å². The first kappa shape index (κ1) is 14.4. The van der Waals surface area contributed by atoms with Gasteiger partial charge in [-0.25, -0.2) is 4.98 Å². The summed E-state index contributed by atoms with van der Waals surface area (Å²) in [5, 5.41) is 30.1. The molecule has 21 heavy (non-hydrogen) atoms. The summed E-state index contributed by atoms with van der Waals surface area (Å²) in [6.07, 6.45) is 0. The Morgan fingerprint density at radius 1 is 1.19 bits per heavy atom. The number of aliphatic hydroxyl groups excluding tert-OH is 1. The van der Waals surface area contributed by atoms with Crippen LogP contribution in [0.1, 0.15) is 16.1 Å². The highest BCUT2D eigenvalue weighted by atomic mass is 16.3. The van der Waals surface area contributed by atoms with Crippen molar-refractivity contribution in [1.29, 1.82) is 0 Å². The summed E-state index contributed by atoms with van der Waals surface area (Å²) in [7, 11) is 0. The molecule has 0 aliphatic carbocycles. The van der Waals surface area contributed by atoms with Gasteiger partial charge >= 0.3 is 0 Å².